The van der Waals surface area contributed by atoms with Crippen molar-refractivity contribution in [2.75, 3.05) is 0 Å². The van der Waals surface area contributed by atoms with Gasteiger partial charge >= 0.3 is 0 Å². The van der Waals surface area contributed by atoms with E-state index < -0.39 is 21.7 Å². The molecule has 2 aromatic rings. The highest BCUT2D eigenvalue weighted by molar-refractivity contribution is 7.89. The Labute approximate surface area is 151 Å². The highest BCUT2D eigenvalue weighted by atomic mass is 32.2. The zero-order valence-corrected chi connectivity index (χ0v) is 15.7. The van der Waals surface area contributed by atoms with Crippen molar-refractivity contribution in [3.63, 3.8) is 0 Å². The standard InChI is InChI=1S/C17H21FN4O3S/c1-10-15(11(2)21(3)20-10)9-22(12-4-5-12)17(23)14-8-13(26(19,24)25)6-7-16(14)18/h6-8,12H,4-5,9H2,1-3H3,(H2,19,24,25). The molecular weight excluding hydrogens is 359 g/mol. The van der Waals surface area contributed by atoms with Crippen molar-refractivity contribution < 1.29 is 17.6 Å². The molecule has 140 valence electrons. The molecule has 1 aliphatic rings. The normalized spacial score (nSPS) is 14.5. The van der Waals surface area contributed by atoms with E-state index in [1.165, 1.54) is 0 Å². The fraction of sp³-hybridized carbons (Fsp3) is 0.412. The van der Waals surface area contributed by atoms with Gasteiger partial charge in [0.2, 0.25) is 10.0 Å². The molecule has 1 amide bonds. The molecule has 1 fully saturated rings. The van der Waals surface area contributed by atoms with Crippen molar-refractivity contribution >= 4 is 15.9 Å². The predicted octanol–water partition coefficient (Wildman–Crippen LogP) is 1.63. The fourth-order valence-electron chi connectivity index (χ4n) is 2.97. The van der Waals surface area contributed by atoms with Crippen LogP contribution in [0.4, 0.5) is 4.39 Å². The van der Waals surface area contributed by atoms with Gasteiger partial charge in [0, 0.05) is 30.9 Å². The lowest BCUT2D eigenvalue weighted by molar-refractivity contribution is 0.0724. The molecule has 1 aliphatic carbocycles. The lowest BCUT2D eigenvalue weighted by Gasteiger charge is -2.23. The van der Waals surface area contributed by atoms with Gasteiger partial charge in [-0.05, 0) is 44.9 Å². The van der Waals surface area contributed by atoms with E-state index in [0.717, 1.165) is 48.0 Å². The summed E-state index contributed by atoms with van der Waals surface area (Å²) in [5.41, 5.74) is 2.36. The van der Waals surface area contributed by atoms with Gasteiger partial charge in [0.05, 0.1) is 16.2 Å². The van der Waals surface area contributed by atoms with Crippen LogP contribution in [-0.4, -0.2) is 35.0 Å². The summed E-state index contributed by atoms with van der Waals surface area (Å²) in [6, 6.07) is 3.03. The van der Waals surface area contributed by atoms with Gasteiger partial charge in [-0.3, -0.25) is 9.48 Å². The Morgan fingerprint density at radius 2 is 2.04 bits per heavy atom. The molecule has 3 rings (SSSR count). The Kier molecular flexibility index (Phi) is 4.61. The molecule has 7 nitrogen and oxygen atoms in total. The third kappa shape index (κ3) is 3.49. The first kappa shape index (κ1) is 18.5. The molecule has 0 atom stereocenters. The molecule has 0 bridgehead atoms. The first-order valence-electron chi connectivity index (χ1n) is 8.22. The monoisotopic (exact) mass is 380 g/mol. The molecule has 0 saturated heterocycles. The minimum absolute atomic E-state index is 0.0130. The van der Waals surface area contributed by atoms with E-state index in [-0.39, 0.29) is 16.5 Å². The molecule has 1 aromatic carbocycles. The van der Waals surface area contributed by atoms with Crippen LogP contribution in [0.25, 0.3) is 0 Å². The van der Waals surface area contributed by atoms with Crippen molar-refractivity contribution in [1.82, 2.24) is 14.7 Å². The van der Waals surface area contributed by atoms with Crippen LogP contribution in [0.3, 0.4) is 0 Å². The lowest BCUT2D eigenvalue weighted by atomic mass is 10.1. The van der Waals surface area contributed by atoms with E-state index >= 15 is 0 Å². The Hall–Kier alpha value is -2.26. The fourth-order valence-corrected chi connectivity index (χ4v) is 3.51. The van der Waals surface area contributed by atoms with Crippen LogP contribution in [0.2, 0.25) is 0 Å². The summed E-state index contributed by atoms with van der Waals surface area (Å²) in [6.45, 7) is 4.07. The molecule has 0 aliphatic heterocycles. The van der Waals surface area contributed by atoms with Gasteiger partial charge in [0.1, 0.15) is 5.82 Å². The molecule has 9 heteroatoms. The minimum Gasteiger partial charge on any atom is -0.331 e. The van der Waals surface area contributed by atoms with Crippen molar-refractivity contribution in [2.24, 2.45) is 12.2 Å². The van der Waals surface area contributed by atoms with Gasteiger partial charge in [0.25, 0.3) is 5.91 Å². The van der Waals surface area contributed by atoms with E-state index in [9.17, 15) is 17.6 Å². The largest absolute Gasteiger partial charge is 0.331 e. The second-order valence-electron chi connectivity index (χ2n) is 6.62. The third-order valence-electron chi connectivity index (χ3n) is 4.73. The molecular formula is C17H21FN4O3S. The maximum absolute atomic E-state index is 14.3. The highest BCUT2D eigenvalue weighted by Gasteiger charge is 2.35. The first-order chi connectivity index (χ1) is 12.1. The molecule has 0 radical (unpaired) electrons. The summed E-state index contributed by atoms with van der Waals surface area (Å²) in [4.78, 5) is 14.3. The van der Waals surface area contributed by atoms with Crippen molar-refractivity contribution in [2.45, 2.75) is 44.2 Å². The molecule has 26 heavy (non-hydrogen) atoms. The lowest BCUT2D eigenvalue weighted by Crippen LogP contribution is -2.33. The van der Waals surface area contributed by atoms with Crippen LogP contribution in [-0.2, 0) is 23.6 Å². The number of carbonyl (C=O) groups is 1. The number of halogens is 1. The Morgan fingerprint density at radius 3 is 2.54 bits per heavy atom. The summed E-state index contributed by atoms with van der Waals surface area (Å²) in [6.07, 6.45) is 1.67. The van der Waals surface area contributed by atoms with E-state index in [2.05, 4.69) is 5.10 Å². The Bertz CT molecular complexity index is 980. The summed E-state index contributed by atoms with van der Waals surface area (Å²) in [5, 5.41) is 9.45. The minimum atomic E-state index is -4.03. The number of amides is 1. The maximum atomic E-state index is 14.3. The van der Waals surface area contributed by atoms with Crippen LogP contribution < -0.4 is 5.14 Å². The first-order valence-corrected chi connectivity index (χ1v) is 9.76. The number of aromatic nitrogens is 2. The van der Waals surface area contributed by atoms with E-state index in [0.29, 0.717) is 6.54 Å². The molecule has 2 N–H and O–H groups in total. The van der Waals surface area contributed by atoms with Crippen LogP contribution in [0, 0.1) is 19.7 Å². The van der Waals surface area contributed by atoms with E-state index in [1.807, 2.05) is 20.9 Å². The number of carbonyl (C=O) groups excluding carboxylic acids is 1. The zero-order chi connectivity index (χ0) is 19.2. The summed E-state index contributed by atoms with van der Waals surface area (Å²) < 4.78 is 39.1. The van der Waals surface area contributed by atoms with Crippen LogP contribution in [0.1, 0.15) is 40.2 Å². The number of benzene rings is 1. The summed E-state index contributed by atoms with van der Waals surface area (Å²) in [5.74, 6) is -1.31. The van der Waals surface area contributed by atoms with E-state index in [1.54, 1.807) is 9.58 Å². The molecule has 0 unspecified atom stereocenters. The van der Waals surface area contributed by atoms with Gasteiger partial charge in [0.15, 0.2) is 0 Å². The number of nitrogens with zero attached hydrogens (tertiary/aromatic N) is 3. The second kappa shape index (κ2) is 6.48. The SMILES string of the molecule is Cc1nn(C)c(C)c1CN(C(=O)c1cc(S(N)(=O)=O)ccc1F)C1CC1. The average Bonchev–Trinajstić information content (AvgIpc) is 3.35. The van der Waals surface area contributed by atoms with Crippen molar-refractivity contribution in [1.29, 1.82) is 0 Å². The van der Waals surface area contributed by atoms with Gasteiger partial charge < -0.3 is 4.90 Å². The number of primary sulfonamides is 1. The van der Waals surface area contributed by atoms with Gasteiger partial charge in [-0.15, -0.1) is 0 Å². The van der Waals surface area contributed by atoms with Gasteiger partial charge in [-0.25, -0.2) is 17.9 Å². The average molecular weight is 380 g/mol. The number of sulfonamides is 1. The van der Waals surface area contributed by atoms with Crippen LogP contribution in [0.5, 0.6) is 0 Å². The number of rotatable bonds is 5. The van der Waals surface area contributed by atoms with Gasteiger partial charge in [-0.2, -0.15) is 5.10 Å². The van der Waals surface area contributed by atoms with Gasteiger partial charge in [-0.1, -0.05) is 0 Å². The number of aryl methyl sites for hydroxylation is 2. The summed E-state index contributed by atoms with van der Waals surface area (Å²) >= 11 is 0. The van der Waals surface area contributed by atoms with Crippen molar-refractivity contribution in [3.05, 3.63) is 46.5 Å². The Balaban J connectivity index is 1.98. The smallest absolute Gasteiger partial charge is 0.257 e. The number of hydrogen-bond acceptors (Lipinski definition) is 4. The number of hydrogen-bond donors (Lipinski definition) is 1. The molecule has 1 heterocycles. The highest BCUT2D eigenvalue weighted by Crippen LogP contribution is 2.31. The quantitative estimate of drug-likeness (QED) is 0.852. The van der Waals surface area contributed by atoms with Crippen molar-refractivity contribution in [3.8, 4) is 0 Å². The molecule has 0 spiro atoms. The zero-order valence-electron chi connectivity index (χ0n) is 14.9. The molecule has 1 saturated carbocycles. The predicted molar refractivity (Wildman–Crippen MR) is 93.4 cm³/mol. The van der Waals surface area contributed by atoms with Crippen LogP contribution in [0.15, 0.2) is 23.1 Å². The van der Waals surface area contributed by atoms with E-state index in [4.69, 9.17) is 5.14 Å². The second-order valence-corrected chi connectivity index (χ2v) is 8.19. The Morgan fingerprint density at radius 1 is 1.38 bits per heavy atom. The van der Waals surface area contributed by atoms with Crippen LogP contribution >= 0.6 is 0 Å². The third-order valence-corrected chi connectivity index (χ3v) is 5.64. The molecule has 1 aromatic heterocycles. The number of nitrogens with two attached hydrogens (primary N) is 1. The topological polar surface area (TPSA) is 98.3 Å². The maximum Gasteiger partial charge on any atom is 0.257 e. The summed E-state index contributed by atoms with van der Waals surface area (Å²) in [7, 11) is -2.20.